The number of aliphatic hydroxyl groups is 1. The number of carbonyl (C=O) groups is 2. The van der Waals surface area contributed by atoms with Gasteiger partial charge in [0.05, 0.1) is 6.61 Å². The van der Waals surface area contributed by atoms with Gasteiger partial charge in [0.1, 0.15) is 6.61 Å². The Labute approximate surface area is 356 Å². The van der Waals surface area contributed by atoms with E-state index in [0.717, 1.165) is 32.1 Å². The van der Waals surface area contributed by atoms with Gasteiger partial charge in [-0.25, -0.2) is 0 Å². The first-order chi connectivity index (χ1) is 28.1. The van der Waals surface area contributed by atoms with Gasteiger partial charge in [-0.3, -0.25) is 9.59 Å². The fourth-order valence-electron chi connectivity index (χ4n) is 7.91. The van der Waals surface area contributed by atoms with Crippen LogP contribution in [0.3, 0.4) is 0 Å². The van der Waals surface area contributed by atoms with Crippen LogP contribution in [0.1, 0.15) is 290 Å². The summed E-state index contributed by atoms with van der Waals surface area (Å²) in [4.78, 5) is 24.4. The molecule has 0 rings (SSSR count). The Morgan fingerprint density at radius 1 is 0.386 bits per heavy atom. The summed E-state index contributed by atoms with van der Waals surface area (Å²) in [5.41, 5.74) is 0. The van der Waals surface area contributed by atoms with Gasteiger partial charge in [-0.05, 0) is 38.5 Å². The van der Waals surface area contributed by atoms with E-state index in [-0.39, 0.29) is 25.2 Å². The quantitative estimate of drug-likeness (QED) is 0.0377. The predicted octanol–water partition coefficient (Wildman–Crippen LogP) is 16.8. The smallest absolute Gasteiger partial charge is 0.306 e. The van der Waals surface area contributed by atoms with Crippen molar-refractivity contribution >= 4 is 11.9 Å². The highest BCUT2D eigenvalue weighted by Crippen LogP contribution is 2.17. The van der Waals surface area contributed by atoms with Gasteiger partial charge in [0, 0.05) is 12.8 Å². The van der Waals surface area contributed by atoms with Crippen molar-refractivity contribution in [3.8, 4) is 0 Å². The van der Waals surface area contributed by atoms with Gasteiger partial charge in [0.15, 0.2) is 6.10 Å². The maximum absolute atomic E-state index is 12.3. The van der Waals surface area contributed by atoms with E-state index in [0.29, 0.717) is 12.8 Å². The van der Waals surface area contributed by atoms with Crippen molar-refractivity contribution in [2.24, 2.45) is 0 Å². The molecule has 5 nitrogen and oxygen atoms in total. The summed E-state index contributed by atoms with van der Waals surface area (Å²) < 4.78 is 10.7. The molecule has 338 valence electrons. The molecule has 0 amide bonds. The lowest BCUT2D eigenvalue weighted by Crippen LogP contribution is -2.28. The molecule has 0 spiro atoms. The van der Waals surface area contributed by atoms with E-state index in [1.807, 2.05) is 0 Å². The number of allylic oxidation sites excluding steroid dienone is 2. The van der Waals surface area contributed by atoms with Crippen LogP contribution in [-0.4, -0.2) is 36.4 Å². The number of ether oxygens (including phenoxy) is 2. The number of unbranched alkanes of at least 4 members (excludes halogenated alkanes) is 38. The van der Waals surface area contributed by atoms with Gasteiger partial charge in [0.2, 0.25) is 0 Å². The van der Waals surface area contributed by atoms with Gasteiger partial charge >= 0.3 is 11.9 Å². The number of hydrogen-bond donors (Lipinski definition) is 1. The average Bonchev–Trinajstić information content (AvgIpc) is 3.21. The zero-order chi connectivity index (χ0) is 41.4. The molecule has 57 heavy (non-hydrogen) atoms. The molecule has 5 heteroatoms. The molecule has 1 unspecified atom stereocenters. The number of hydrogen-bond acceptors (Lipinski definition) is 5. The molecule has 0 saturated carbocycles. The largest absolute Gasteiger partial charge is 0.462 e. The second kappa shape index (κ2) is 49.0. The Hall–Kier alpha value is -1.36. The minimum Gasteiger partial charge on any atom is -0.462 e. The van der Waals surface area contributed by atoms with Crippen molar-refractivity contribution in [3.05, 3.63) is 12.2 Å². The second-order valence-electron chi connectivity index (χ2n) is 17.6. The normalized spacial score (nSPS) is 12.1. The number of carbonyl (C=O) groups excluding carboxylic acids is 2. The van der Waals surface area contributed by atoms with E-state index in [9.17, 15) is 14.7 Å². The van der Waals surface area contributed by atoms with Crippen molar-refractivity contribution in [2.45, 2.75) is 296 Å². The molecule has 0 aliphatic heterocycles. The van der Waals surface area contributed by atoms with Crippen LogP contribution in [-0.2, 0) is 19.1 Å². The molecule has 0 aliphatic rings. The highest BCUT2D eigenvalue weighted by atomic mass is 16.6. The van der Waals surface area contributed by atoms with Gasteiger partial charge in [0.25, 0.3) is 0 Å². The van der Waals surface area contributed by atoms with E-state index in [1.54, 1.807) is 0 Å². The molecule has 0 aromatic rings. The van der Waals surface area contributed by atoms with Crippen molar-refractivity contribution in [2.75, 3.05) is 13.2 Å². The Kier molecular flexibility index (Phi) is 47.8. The first kappa shape index (κ1) is 55.6. The summed E-state index contributed by atoms with van der Waals surface area (Å²) >= 11 is 0. The van der Waals surface area contributed by atoms with Gasteiger partial charge in [-0.1, -0.05) is 251 Å². The highest BCUT2D eigenvalue weighted by molar-refractivity contribution is 5.70. The minimum absolute atomic E-state index is 0.0583. The summed E-state index contributed by atoms with van der Waals surface area (Å²) in [5.74, 6) is -0.571. The second-order valence-corrected chi connectivity index (χ2v) is 17.6. The van der Waals surface area contributed by atoms with Crippen LogP contribution in [0.15, 0.2) is 12.2 Å². The molecule has 0 saturated heterocycles. The predicted molar refractivity (Wildman–Crippen MR) is 247 cm³/mol. The molecule has 1 N–H and O–H groups in total. The molecule has 0 aromatic carbocycles. The summed E-state index contributed by atoms with van der Waals surface area (Å²) in [6.07, 6.45) is 58.8. The first-order valence-electron chi connectivity index (χ1n) is 25.7. The molecule has 0 heterocycles. The molecule has 1 atom stereocenters. The lowest BCUT2D eigenvalue weighted by Gasteiger charge is -2.15. The van der Waals surface area contributed by atoms with Crippen LogP contribution in [0.25, 0.3) is 0 Å². The van der Waals surface area contributed by atoms with Crippen molar-refractivity contribution in [1.29, 1.82) is 0 Å². The molecule has 0 aliphatic carbocycles. The highest BCUT2D eigenvalue weighted by Gasteiger charge is 2.16. The van der Waals surface area contributed by atoms with Crippen molar-refractivity contribution < 1.29 is 24.2 Å². The Bertz CT molecular complexity index is 825. The molecular formula is C52H100O5. The third-order valence-corrected chi connectivity index (χ3v) is 11.8. The lowest BCUT2D eigenvalue weighted by molar-refractivity contribution is -0.161. The molecule has 0 fully saturated rings. The fourth-order valence-corrected chi connectivity index (χ4v) is 7.91. The summed E-state index contributed by atoms with van der Waals surface area (Å²) in [6, 6.07) is 0. The summed E-state index contributed by atoms with van der Waals surface area (Å²) in [7, 11) is 0. The van der Waals surface area contributed by atoms with Crippen LogP contribution in [0.5, 0.6) is 0 Å². The van der Waals surface area contributed by atoms with Gasteiger partial charge < -0.3 is 14.6 Å². The van der Waals surface area contributed by atoms with Crippen LogP contribution < -0.4 is 0 Å². The Morgan fingerprint density at radius 2 is 0.649 bits per heavy atom. The standard InChI is InChI=1S/C52H100O5/c1-3-5-7-9-11-13-15-17-19-21-23-24-25-26-27-28-29-31-33-35-37-39-41-43-45-47-52(55)57-50(48-53)49-56-51(54)46-44-42-40-38-36-34-32-30-22-20-18-16-14-12-10-8-6-4-2/h21,23,50,53H,3-20,22,24-49H2,1-2H3/b23-21-. The minimum atomic E-state index is -0.766. The Balaban J connectivity index is 3.44. The maximum Gasteiger partial charge on any atom is 0.306 e. The first-order valence-corrected chi connectivity index (χ1v) is 25.7. The Morgan fingerprint density at radius 3 is 0.947 bits per heavy atom. The number of aliphatic hydroxyl groups excluding tert-OH is 1. The maximum atomic E-state index is 12.3. The van der Waals surface area contributed by atoms with Crippen LogP contribution in [0.4, 0.5) is 0 Å². The topological polar surface area (TPSA) is 72.8 Å². The van der Waals surface area contributed by atoms with Gasteiger partial charge in [-0.2, -0.15) is 0 Å². The van der Waals surface area contributed by atoms with Crippen molar-refractivity contribution in [1.82, 2.24) is 0 Å². The van der Waals surface area contributed by atoms with Crippen LogP contribution in [0, 0.1) is 0 Å². The average molecular weight is 805 g/mol. The molecule has 0 aromatic heterocycles. The number of rotatable bonds is 48. The zero-order valence-corrected chi connectivity index (χ0v) is 38.6. The van der Waals surface area contributed by atoms with Crippen molar-refractivity contribution in [3.63, 3.8) is 0 Å². The summed E-state index contributed by atoms with van der Waals surface area (Å²) in [6.45, 7) is 4.19. The van der Waals surface area contributed by atoms with E-state index < -0.39 is 6.10 Å². The number of esters is 2. The lowest BCUT2D eigenvalue weighted by atomic mass is 10.0. The monoisotopic (exact) mass is 805 g/mol. The fraction of sp³-hybridized carbons (Fsp3) is 0.923. The summed E-state index contributed by atoms with van der Waals surface area (Å²) in [5, 5.41) is 9.62. The van der Waals surface area contributed by atoms with Crippen LogP contribution in [0.2, 0.25) is 0 Å². The zero-order valence-electron chi connectivity index (χ0n) is 38.6. The third kappa shape index (κ3) is 47.2. The van der Waals surface area contributed by atoms with E-state index in [2.05, 4.69) is 26.0 Å². The third-order valence-electron chi connectivity index (χ3n) is 11.8. The molecule has 0 radical (unpaired) electrons. The van der Waals surface area contributed by atoms with E-state index in [1.165, 1.54) is 231 Å². The van der Waals surface area contributed by atoms with E-state index >= 15 is 0 Å². The van der Waals surface area contributed by atoms with E-state index in [4.69, 9.17) is 9.47 Å². The van der Waals surface area contributed by atoms with Gasteiger partial charge in [-0.15, -0.1) is 0 Å². The molecular weight excluding hydrogens is 705 g/mol. The molecule has 0 bridgehead atoms. The van der Waals surface area contributed by atoms with Crippen LogP contribution >= 0.6 is 0 Å². The SMILES string of the molecule is CCCCCCCCCC/C=C\CCCCCCCCCCCCCCCC(=O)OC(CO)COC(=O)CCCCCCCCCCCCCCCCCCCC.